The number of ether oxygens (including phenoxy) is 1. The van der Waals surface area contributed by atoms with Gasteiger partial charge in [0, 0.05) is 0 Å². The molecule has 0 radical (unpaired) electrons. The molecular weight excluding hydrogens is 472 g/mol. The first-order chi connectivity index (χ1) is 19.1. The van der Waals surface area contributed by atoms with Crippen LogP contribution in [-0.4, -0.2) is 0 Å². The van der Waals surface area contributed by atoms with Crippen LogP contribution in [0.15, 0.2) is 121 Å². The van der Waals surface area contributed by atoms with Gasteiger partial charge in [0.1, 0.15) is 11.5 Å². The Balaban J connectivity index is 1.08. The van der Waals surface area contributed by atoms with Crippen LogP contribution in [0.2, 0.25) is 0 Å². The van der Waals surface area contributed by atoms with Crippen molar-refractivity contribution in [2.75, 3.05) is 0 Å². The van der Waals surface area contributed by atoms with E-state index in [0.717, 1.165) is 22.6 Å². The van der Waals surface area contributed by atoms with Gasteiger partial charge in [0.15, 0.2) is 0 Å². The molecule has 0 bridgehead atoms. The Hall–Kier alpha value is -4.88. The summed E-state index contributed by atoms with van der Waals surface area (Å²) in [6.07, 6.45) is 8.58. The first-order valence-corrected chi connectivity index (χ1v) is 13.3. The number of hydrogen-bond acceptors (Lipinski definition) is 1. The fraction of sp³-hybridized carbons (Fsp3) is 0.0526. The van der Waals surface area contributed by atoms with E-state index in [4.69, 9.17) is 4.74 Å². The molecule has 0 amide bonds. The monoisotopic (exact) mass is 502 g/mol. The van der Waals surface area contributed by atoms with Crippen molar-refractivity contribution in [3.8, 4) is 11.5 Å². The van der Waals surface area contributed by atoms with Gasteiger partial charge in [-0.1, -0.05) is 120 Å². The van der Waals surface area contributed by atoms with E-state index in [1.165, 1.54) is 43.8 Å². The van der Waals surface area contributed by atoms with Crippen molar-refractivity contribution >= 4 is 45.8 Å². The van der Waals surface area contributed by atoms with Gasteiger partial charge in [-0.3, -0.25) is 0 Å². The van der Waals surface area contributed by atoms with Gasteiger partial charge in [-0.05, 0) is 94.0 Å². The van der Waals surface area contributed by atoms with Crippen molar-refractivity contribution in [1.82, 2.24) is 0 Å². The van der Waals surface area contributed by atoms with E-state index in [9.17, 15) is 0 Å². The summed E-state index contributed by atoms with van der Waals surface area (Å²) in [5, 5.41) is 5.07. The van der Waals surface area contributed by atoms with Crippen LogP contribution >= 0.6 is 0 Å². The maximum absolute atomic E-state index is 6.08. The van der Waals surface area contributed by atoms with Crippen molar-refractivity contribution < 1.29 is 4.74 Å². The van der Waals surface area contributed by atoms with Gasteiger partial charge in [-0.15, -0.1) is 0 Å². The SMILES string of the molecule is Cc1ccc2cc(/C=C/c3ccc(Oc4ccc(/C=C/c5ccc6cc(C)ccc6c5)cc4)cc3)ccc2c1. The zero-order valence-electron chi connectivity index (χ0n) is 22.3. The Morgan fingerprint density at radius 1 is 0.359 bits per heavy atom. The lowest BCUT2D eigenvalue weighted by Gasteiger charge is -2.06. The first kappa shape index (κ1) is 24.5. The fourth-order valence-electron chi connectivity index (χ4n) is 4.79. The minimum atomic E-state index is 0.822. The van der Waals surface area contributed by atoms with Crippen LogP contribution in [0.4, 0.5) is 0 Å². The molecule has 0 aliphatic rings. The molecule has 0 atom stereocenters. The first-order valence-electron chi connectivity index (χ1n) is 13.3. The number of aryl methyl sites for hydroxylation is 2. The maximum atomic E-state index is 6.08. The van der Waals surface area contributed by atoms with Crippen LogP contribution in [0.25, 0.3) is 45.8 Å². The molecule has 0 N–H and O–H groups in total. The zero-order chi connectivity index (χ0) is 26.6. The fourth-order valence-corrected chi connectivity index (χ4v) is 4.79. The molecule has 39 heavy (non-hydrogen) atoms. The second-order valence-electron chi connectivity index (χ2n) is 10.1. The van der Waals surface area contributed by atoms with Crippen LogP contribution in [0.5, 0.6) is 11.5 Å². The third-order valence-corrected chi connectivity index (χ3v) is 6.97. The van der Waals surface area contributed by atoms with E-state index in [2.05, 4.69) is 135 Å². The molecule has 1 nitrogen and oxygen atoms in total. The largest absolute Gasteiger partial charge is 0.457 e. The summed E-state index contributed by atoms with van der Waals surface area (Å²) in [6, 6.07) is 42.6. The highest BCUT2D eigenvalue weighted by Gasteiger charge is 2.00. The number of rotatable bonds is 6. The van der Waals surface area contributed by atoms with E-state index in [-0.39, 0.29) is 0 Å². The lowest BCUT2D eigenvalue weighted by atomic mass is 10.0. The van der Waals surface area contributed by atoms with Gasteiger partial charge < -0.3 is 4.74 Å². The summed E-state index contributed by atoms with van der Waals surface area (Å²) in [7, 11) is 0. The standard InChI is InChI=1S/C38H30O/c1-27-3-15-35-25-31(9-17-33(35)23-27)7-5-29-11-19-37(20-12-29)39-38-21-13-30(14-22-38)6-8-32-10-18-34-24-28(2)4-16-36(34)26-32/h3-26H,1-2H3/b7-5+,8-6+. The molecule has 0 unspecified atom stereocenters. The smallest absolute Gasteiger partial charge is 0.127 e. The van der Waals surface area contributed by atoms with Gasteiger partial charge in [0.2, 0.25) is 0 Å². The highest BCUT2D eigenvalue weighted by molar-refractivity contribution is 5.87. The molecule has 6 aromatic rings. The summed E-state index contributed by atoms with van der Waals surface area (Å²) in [5.74, 6) is 1.64. The van der Waals surface area contributed by atoms with Crippen molar-refractivity contribution in [3.05, 3.63) is 155 Å². The summed E-state index contributed by atoms with van der Waals surface area (Å²) in [4.78, 5) is 0. The Morgan fingerprint density at radius 2 is 0.692 bits per heavy atom. The van der Waals surface area contributed by atoms with Crippen molar-refractivity contribution in [2.45, 2.75) is 13.8 Å². The molecule has 0 aromatic heterocycles. The number of fused-ring (bicyclic) bond motifs is 2. The zero-order valence-corrected chi connectivity index (χ0v) is 22.3. The maximum Gasteiger partial charge on any atom is 0.127 e. The topological polar surface area (TPSA) is 9.23 Å². The summed E-state index contributed by atoms with van der Waals surface area (Å²) >= 11 is 0. The Labute approximate surface area is 230 Å². The van der Waals surface area contributed by atoms with Gasteiger partial charge >= 0.3 is 0 Å². The lowest BCUT2D eigenvalue weighted by Crippen LogP contribution is -1.84. The molecule has 0 saturated carbocycles. The molecule has 0 aliphatic carbocycles. The molecule has 0 saturated heterocycles. The molecule has 6 rings (SSSR count). The van der Waals surface area contributed by atoms with Crippen LogP contribution in [0.1, 0.15) is 33.4 Å². The van der Waals surface area contributed by atoms with Crippen LogP contribution < -0.4 is 4.74 Å². The second-order valence-corrected chi connectivity index (χ2v) is 10.1. The van der Waals surface area contributed by atoms with E-state index >= 15 is 0 Å². The second kappa shape index (κ2) is 10.8. The quantitative estimate of drug-likeness (QED) is 0.206. The van der Waals surface area contributed by atoms with E-state index < -0.39 is 0 Å². The van der Waals surface area contributed by atoms with Crippen molar-refractivity contribution in [1.29, 1.82) is 0 Å². The Morgan fingerprint density at radius 3 is 1.13 bits per heavy atom. The predicted molar refractivity (Wildman–Crippen MR) is 168 cm³/mol. The Kier molecular flexibility index (Phi) is 6.80. The predicted octanol–water partition coefficient (Wildman–Crippen LogP) is 10.7. The highest BCUT2D eigenvalue weighted by atomic mass is 16.5. The number of benzene rings is 6. The highest BCUT2D eigenvalue weighted by Crippen LogP contribution is 2.25. The summed E-state index contributed by atoms with van der Waals surface area (Å²) < 4.78 is 6.08. The molecule has 0 heterocycles. The summed E-state index contributed by atoms with van der Waals surface area (Å²) in [6.45, 7) is 4.25. The van der Waals surface area contributed by atoms with E-state index in [0.29, 0.717) is 0 Å². The van der Waals surface area contributed by atoms with E-state index in [1.807, 2.05) is 24.3 Å². The molecule has 0 aliphatic heterocycles. The molecule has 1 heteroatoms. The van der Waals surface area contributed by atoms with Gasteiger partial charge in [-0.2, -0.15) is 0 Å². The van der Waals surface area contributed by atoms with Crippen LogP contribution in [0, 0.1) is 13.8 Å². The minimum absolute atomic E-state index is 0.822. The Bertz CT molecular complexity index is 1680. The normalized spacial score (nSPS) is 11.6. The van der Waals surface area contributed by atoms with Crippen LogP contribution in [-0.2, 0) is 0 Å². The molecule has 188 valence electrons. The van der Waals surface area contributed by atoms with E-state index in [1.54, 1.807) is 0 Å². The third kappa shape index (κ3) is 6.00. The average molecular weight is 503 g/mol. The molecular formula is C38H30O. The minimum Gasteiger partial charge on any atom is -0.457 e. The van der Waals surface area contributed by atoms with Gasteiger partial charge in [-0.25, -0.2) is 0 Å². The molecule has 0 fully saturated rings. The van der Waals surface area contributed by atoms with Crippen molar-refractivity contribution in [3.63, 3.8) is 0 Å². The number of hydrogen-bond donors (Lipinski definition) is 0. The van der Waals surface area contributed by atoms with Crippen LogP contribution in [0.3, 0.4) is 0 Å². The van der Waals surface area contributed by atoms with Gasteiger partial charge in [0.05, 0.1) is 0 Å². The molecule has 0 spiro atoms. The average Bonchev–Trinajstić information content (AvgIpc) is 2.96. The third-order valence-electron chi connectivity index (χ3n) is 6.97. The van der Waals surface area contributed by atoms with Crippen molar-refractivity contribution in [2.24, 2.45) is 0 Å². The molecule has 6 aromatic carbocycles. The summed E-state index contributed by atoms with van der Waals surface area (Å²) in [5.41, 5.74) is 7.22. The lowest BCUT2D eigenvalue weighted by molar-refractivity contribution is 0.482. The van der Waals surface area contributed by atoms with Gasteiger partial charge in [0.25, 0.3) is 0 Å².